The van der Waals surface area contributed by atoms with Gasteiger partial charge in [-0.3, -0.25) is 9.79 Å². The van der Waals surface area contributed by atoms with Crippen LogP contribution in [0.4, 0.5) is 0 Å². The number of hydrogen-bond acceptors (Lipinski definition) is 5. The highest BCUT2D eigenvalue weighted by atomic mass is 32.2. The number of carbonyl (C=O) groups excluding carboxylic acids is 1. The van der Waals surface area contributed by atoms with Crippen molar-refractivity contribution in [1.29, 1.82) is 0 Å². The van der Waals surface area contributed by atoms with Gasteiger partial charge < -0.3 is 5.32 Å². The van der Waals surface area contributed by atoms with Gasteiger partial charge in [0.05, 0.1) is 22.7 Å². The van der Waals surface area contributed by atoms with Gasteiger partial charge in [-0.2, -0.15) is 11.8 Å². The van der Waals surface area contributed by atoms with Crippen LogP contribution in [0, 0.1) is 12.8 Å². The van der Waals surface area contributed by atoms with Crippen LogP contribution in [0.15, 0.2) is 40.7 Å². The number of nitrogens with one attached hydrogen (secondary N) is 1. The Labute approximate surface area is 163 Å². The number of rotatable bonds is 8. The lowest BCUT2D eigenvalue weighted by molar-refractivity contribution is -0.124. The molecule has 1 aliphatic rings. The van der Waals surface area contributed by atoms with Gasteiger partial charge in [-0.1, -0.05) is 30.3 Å². The molecule has 2 unspecified atom stereocenters. The molecule has 0 saturated heterocycles. The van der Waals surface area contributed by atoms with Gasteiger partial charge in [0, 0.05) is 23.3 Å². The SMILES string of the molecule is Cc1nc(CSCCC2=NC(C)C(CCc3ccccc3)C(=O)N2)cs1. The third-order valence-corrected chi connectivity index (χ3v) is 6.35. The monoisotopic (exact) mass is 387 g/mol. The Hall–Kier alpha value is -1.66. The summed E-state index contributed by atoms with van der Waals surface area (Å²) in [5.41, 5.74) is 2.41. The molecular weight excluding hydrogens is 362 g/mol. The number of nitrogens with zero attached hydrogens (tertiary/aromatic N) is 2. The van der Waals surface area contributed by atoms with Crippen molar-refractivity contribution in [2.24, 2.45) is 10.9 Å². The molecule has 6 heteroatoms. The summed E-state index contributed by atoms with van der Waals surface area (Å²) in [6, 6.07) is 10.4. The Morgan fingerprint density at radius 1 is 1.23 bits per heavy atom. The Morgan fingerprint density at radius 2 is 2.04 bits per heavy atom. The summed E-state index contributed by atoms with van der Waals surface area (Å²) in [5, 5.41) is 6.24. The number of aryl methyl sites for hydroxylation is 2. The maximum Gasteiger partial charge on any atom is 0.230 e. The highest BCUT2D eigenvalue weighted by Gasteiger charge is 2.29. The fraction of sp³-hybridized carbons (Fsp3) is 0.450. The zero-order valence-corrected chi connectivity index (χ0v) is 16.9. The van der Waals surface area contributed by atoms with E-state index in [0.717, 1.165) is 47.3 Å². The van der Waals surface area contributed by atoms with Crippen LogP contribution in [0.2, 0.25) is 0 Å². The number of benzene rings is 1. The van der Waals surface area contributed by atoms with Crippen molar-refractivity contribution in [2.75, 3.05) is 5.75 Å². The van der Waals surface area contributed by atoms with E-state index in [1.807, 2.05) is 36.9 Å². The van der Waals surface area contributed by atoms with Crippen LogP contribution in [0.5, 0.6) is 0 Å². The minimum Gasteiger partial charge on any atom is -0.314 e. The number of hydrogen-bond donors (Lipinski definition) is 1. The minimum absolute atomic E-state index is 0.0374. The summed E-state index contributed by atoms with van der Waals surface area (Å²) < 4.78 is 0. The van der Waals surface area contributed by atoms with Gasteiger partial charge >= 0.3 is 0 Å². The number of thioether (sulfide) groups is 1. The zero-order valence-electron chi connectivity index (χ0n) is 15.3. The molecule has 4 nitrogen and oxygen atoms in total. The molecule has 0 aliphatic carbocycles. The van der Waals surface area contributed by atoms with Crippen LogP contribution < -0.4 is 5.32 Å². The van der Waals surface area contributed by atoms with Gasteiger partial charge in [-0.15, -0.1) is 11.3 Å². The Balaban J connectivity index is 1.44. The Morgan fingerprint density at radius 3 is 2.73 bits per heavy atom. The van der Waals surface area contributed by atoms with Crippen LogP contribution >= 0.6 is 23.1 Å². The van der Waals surface area contributed by atoms with E-state index in [1.165, 1.54) is 5.56 Å². The van der Waals surface area contributed by atoms with Crippen molar-refractivity contribution in [3.8, 4) is 0 Å². The van der Waals surface area contributed by atoms with Crippen molar-refractivity contribution >= 4 is 34.8 Å². The van der Waals surface area contributed by atoms with E-state index in [-0.39, 0.29) is 17.9 Å². The van der Waals surface area contributed by atoms with Crippen LogP contribution in [0.3, 0.4) is 0 Å². The van der Waals surface area contributed by atoms with Gasteiger partial charge in [0.15, 0.2) is 0 Å². The fourth-order valence-electron chi connectivity index (χ4n) is 3.11. The second-order valence-corrected chi connectivity index (χ2v) is 8.76. The molecule has 3 rings (SSSR count). The Bertz CT molecular complexity index is 757. The predicted molar refractivity (Wildman–Crippen MR) is 111 cm³/mol. The molecule has 26 heavy (non-hydrogen) atoms. The topological polar surface area (TPSA) is 54.4 Å². The lowest BCUT2D eigenvalue weighted by atomic mass is 9.91. The molecule has 0 fully saturated rings. The molecule has 0 bridgehead atoms. The second-order valence-electron chi connectivity index (χ2n) is 6.60. The smallest absolute Gasteiger partial charge is 0.230 e. The molecule has 2 heterocycles. The average molecular weight is 388 g/mol. The van der Waals surface area contributed by atoms with Crippen molar-refractivity contribution in [2.45, 2.75) is 44.9 Å². The first-order valence-electron chi connectivity index (χ1n) is 9.02. The van der Waals surface area contributed by atoms with E-state index in [4.69, 9.17) is 4.99 Å². The predicted octanol–water partition coefficient (Wildman–Crippen LogP) is 4.24. The fourth-order valence-corrected chi connectivity index (χ4v) is 4.67. The first-order valence-corrected chi connectivity index (χ1v) is 11.1. The number of aliphatic imine (C=N–C) groups is 1. The highest BCUT2D eigenvalue weighted by molar-refractivity contribution is 7.98. The number of aromatic nitrogens is 1. The molecule has 1 aromatic heterocycles. The molecule has 0 saturated carbocycles. The normalized spacial score (nSPS) is 19.9. The van der Waals surface area contributed by atoms with Gasteiger partial charge in [-0.25, -0.2) is 4.98 Å². The number of thiazole rings is 1. The molecule has 138 valence electrons. The maximum absolute atomic E-state index is 12.5. The summed E-state index contributed by atoms with van der Waals surface area (Å²) in [6.07, 6.45) is 2.55. The minimum atomic E-state index is -0.0374. The summed E-state index contributed by atoms with van der Waals surface area (Å²) in [5.74, 6) is 2.78. The highest BCUT2D eigenvalue weighted by Crippen LogP contribution is 2.21. The van der Waals surface area contributed by atoms with Crippen LogP contribution in [-0.2, 0) is 17.0 Å². The molecule has 1 aromatic carbocycles. The molecule has 1 N–H and O–H groups in total. The van der Waals surface area contributed by atoms with Crippen molar-refractivity contribution in [3.63, 3.8) is 0 Å². The standard InChI is InChI=1S/C20H25N3OS2/c1-14-18(9-8-16-6-4-3-5-7-16)20(24)23-19(21-14)10-11-25-12-17-13-26-15(2)22-17/h3-7,13-14,18H,8-12H2,1-2H3,(H,21,23,24). The van der Waals surface area contributed by atoms with Gasteiger partial charge in [0.2, 0.25) is 5.91 Å². The zero-order chi connectivity index (χ0) is 18.4. The van der Waals surface area contributed by atoms with Gasteiger partial charge in [-0.05, 0) is 32.3 Å². The largest absolute Gasteiger partial charge is 0.314 e. The number of amides is 1. The summed E-state index contributed by atoms with van der Waals surface area (Å²) >= 11 is 3.53. The maximum atomic E-state index is 12.5. The van der Waals surface area contributed by atoms with E-state index >= 15 is 0 Å². The lowest BCUT2D eigenvalue weighted by Crippen LogP contribution is -2.45. The molecule has 1 amide bonds. The summed E-state index contributed by atoms with van der Waals surface area (Å²) in [6.45, 7) is 4.08. The molecule has 1 aliphatic heterocycles. The average Bonchev–Trinajstić information content (AvgIpc) is 3.04. The van der Waals surface area contributed by atoms with E-state index < -0.39 is 0 Å². The van der Waals surface area contributed by atoms with Crippen molar-refractivity contribution in [1.82, 2.24) is 10.3 Å². The third-order valence-electron chi connectivity index (χ3n) is 4.53. The quantitative estimate of drug-likeness (QED) is 0.689. The lowest BCUT2D eigenvalue weighted by Gasteiger charge is -2.27. The van der Waals surface area contributed by atoms with Crippen molar-refractivity contribution in [3.05, 3.63) is 52.0 Å². The third kappa shape index (κ3) is 5.42. The van der Waals surface area contributed by atoms with E-state index in [9.17, 15) is 4.79 Å². The Kier molecular flexibility index (Phi) is 6.86. The van der Waals surface area contributed by atoms with Crippen LogP contribution in [0.1, 0.15) is 36.0 Å². The van der Waals surface area contributed by atoms with Crippen molar-refractivity contribution < 1.29 is 4.79 Å². The van der Waals surface area contributed by atoms with E-state index in [2.05, 4.69) is 34.7 Å². The first-order chi connectivity index (χ1) is 12.6. The second kappa shape index (κ2) is 9.33. The van der Waals surface area contributed by atoms with Gasteiger partial charge in [0.25, 0.3) is 0 Å². The molecule has 2 atom stereocenters. The molecular formula is C20H25N3OS2. The molecule has 2 aromatic rings. The van der Waals surface area contributed by atoms with E-state index in [1.54, 1.807) is 11.3 Å². The summed E-state index contributed by atoms with van der Waals surface area (Å²) in [4.78, 5) is 21.7. The van der Waals surface area contributed by atoms with Crippen LogP contribution in [-0.4, -0.2) is 28.5 Å². The number of amidine groups is 1. The molecule has 0 radical (unpaired) electrons. The van der Waals surface area contributed by atoms with E-state index in [0.29, 0.717) is 0 Å². The first kappa shape index (κ1) is 19.1. The molecule has 0 spiro atoms. The van der Waals surface area contributed by atoms with Crippen LogP contribution in [0.25, 0.3) is 0 Å². The van der Waals surface area contributed by atoms with Gasteiger partial charge in [0.1, 0.15) is 5.84 Å². The number of carbonyl (C=O) groups is 1. The summed E-state index contributed by atoms with van der Waals surface area (Å²) in [7, 11) is 0.